The third-order valence-electron chi connectivity index (χ3n) is 4.46. The molecule has 0 unspecified atom stereocenters. The van der Waals surface area contributed by atoms with Crippen molar-refractivity contribution in [2.75, 3.05) is 0 Å². The van der Waals surface area contributed by atoms with Gasteiger partial charge in [0, 0.05) is 6.54 Å². The first kappa shape index (κ1) is 14.3. The van der Waals surface area contributed by atoms with Gasteiger partial charge >= 0.3 is 0 Å². The van der Waals surface area contributed by atoms with E-state index in [4.69, 9.17) is 10.3 Å². The molecule has 114 valence electrons. The molecule has 1 saturated carbocycles. The van der Waals surface area contributed by atoms with Gasteiger partial charge in [-0.05, 0) is 51.5 Å². The zero-order valence-electron chi connectivity index (χ0n) is 13.0. The van der Waals surface area contributed by atoms with E-state index in [0.717, 1.165) is 49.5 Å². The van der Waals surface area contributed by atoms with Crippen molar-refractivity contribution in [1.82, 2.24) is 19.9 Å². The van der Waals surface area contributed by atoms with Crippen molar-refractivity contribution in [1.29, 1.82) is 0 Å². The number of nitrogens with two attached hydrogens (primary N) is 1. The van der Waals surface area contributed by atoms with Crippen molar-refractivity contribution < 1.29 is 4.52 Å². The maximum Gasteiger partial charge on any atom is 0.276 e. The van der Waals surface area contributed by atoms with Crippen LogP contribution >= 0.6 is 0 Å². The van der Waals surface area contributed by atoms with Crippen LogP contribution in [0.15, 0.2) is 10.6 Å². The number of hydrogen-bond donors (Lipinski definition) is 1. The first-order valence-electron chi connectivity index (χ1n) is 7.70. The lowest BCUT2D eigenvalue weighted by atomic mass is 9.77. The normalized spacial score (nSPS) is 26.2. The number of rotatable bonds is 3. The molecule has 0 radical (unpaired) electrons. The van der Waals surface area contributed by atoms with E-state index < -0.39 is 5.54 Å². The Labute approximate surface area is 124 Å². The number of hydrogen-bond acceptors (Lipinski definition) is 5. The predicted molar refractivity (Wildman–Crippen MR) is 79.4 cm³/mol. The summed E-state index contributed by atoms with van der Waals surface area (Å²) in [5, 5.41) is 8.56. The zero-order valence-corrected chi connectivity index (χ0v) is 13.0. The van der Waals surface area contributed by atoms with E-state index in [2.05, 4.69) is 22.2 Å². The number of nitrogens with zero attached hydrogens (tertiary/aromatic N) is 4. The molecular weight excluding hydrogens is 266 g/mol. The Morgan fingerprint density at radius 3 is 2.81 bits per heavy atom. The fourth-order valence-electron chi connectivity index (χ4n) is 2.99. The number of aromatic nitrogens is 4. The average molecular weight is 289 g/mol. The molecule has 6 nitrogen and oxygen atoms in total. The minimum Gasteiger partial charge on any atom is -0.332 e. The molecule has 1 fully saturated rings. The SMILES string of the molecule is CCn1nc(C)cc1-c1nc(C2(N)CCC(C)CC2)no1. The lowest BCUT2D eigenvalue weighted by Gasteiger charge is -2.33. The van der Waals surface area contributed by atoms with Crippen LogP contribution < -0.4 is 5.73 Å². The van der Waals surface area contributed by atoms with Crippen molar-refractivity contribution >= 4 is 0 Å². The third-order valence-corrected chi connectivity index (χ3v) is 4.46. The summed E-state index contributed by atoms with van der Waals surface area (Å²) in [5.74, 6) is 1.87. The summed E-state index contributed by atoms with van der Waals surface area (Å²) in [7, 11) is 0. The van der Waals surface area contributed by atoms with Gasteiger partial charge in [-0.3, -0.25) is 4.68 Å². The highest BCUT2D eigenvalue weighted by Crippen LogP contribution is 2.36. The van der Waals surface area contributed by atoms with Gasteiger partial charge < -0.3 is 10.3 Å². The van der Waals surface area contributed by atoms with Gasteiger partial charge in [-0.25, -0.2) is 0 Å². The predicted octanol–water partition coefficient (Wildman–Crippen LogP) is 2.63. The Balaban J connectivity index is 1.89. The second kappa shape index (κ2) is 5.26. The van der Waals surface area contributed by atoms with Crippen LogP contribution in [0.25, 0.3) is 11.6 Å². The molecule has 2 N–H and O–H groups in total. The molecule has 2 heterocycles. The summed E-state index contributed by atoms with van der Waals surface area (Å²) in [4.78, 5) is 4.56. The maximum absolute atomic E-state index is 6.50. The molecule has 6 heteroatoms. The Kier molecular flexibility index (Phi) is 3.57. The van der Waals surface area contributed by atoms with E-state index in [1.807, 2.05) is 24.6 Å². The van der Waals surface area contributed by atoms with Crippen LogP contribution in [0.4, 0.5) is 0 Å². The molecule has 2 aromatic heterocycles. The molecule has 21 heavy (non-hydrogen) atoms. The van der Waals surface area contributed by atoms with Gasteiger partial charge in [-0.1, -0.05) is 12.1 Å². The van der Waals surface area contributed by atoms with Crippen molar-refractivity contribution in [3.8, 4) is 11.6 Å². The minimum absolute atomic E-state index is 0.444. The van der Waals surface area contributed by atoms with Gasteiger partial charge in [-0.15, -0.1) is 0 Å². The molecule has 1 aliphatic carbocycles. The highest BCUT2D eigenvalue weighted by molar-refractivity contribution is 5.48. The quantitative estimate of drug-likeness (QED) is 0.939. The third kappa shape index (κ3) is 2.60. The standard InChI is InChI=1S/C15H23N5O/c1-4-20-12(9-11(3)18-20)13-17-14(19-21-13)15(16)7-5-10(2)6-8-15/h9-10H,4-8,16H2,1-3H3. The number of aryl methyl sites for hydroxylation is 2. The Hall–Kier alpha value is -1.69. The van der Waals surface area contributed by atoms with Crippen LogP contribution in [0.1, 0.15) is 51.0 Å². The highest BCUT2D eigenvalue weighted by atomic mass is 16.5. The van der Waals surface area contributed by atoms with E-state index in [1.165, 1.54) is 0 Å². The summed E-state index contributed by atoms with van der Waals surface area (Å²) in [6.07, 6.45) is 4.07. The lowest BCUT2D eigenvalue weighted by Crippen LogP contribution is -2.41. The van der Waals surface area contributed by atoms with Crippen molar-refractivity contribution in [3.63, 3.8) is 0 Å². The van der Waals surface area contributed by atoms with Crippen LogP contribution in [0.5, 0.6) is 0 Å². The average Bonchev–Trinajstić information content (AvgIpc) is 3.08. The molecule has 0 bridgehead atoms. The topological polar surface area (TPSA) is 82.8 Å². The first-order valence-corrected chi connectivity index (χ1v) is 7.70. The van der Waals surface area contributed by atoms with E-state index >= 15 is 0 Å². The van der Waals surface area contributed by atoms with Crippen molar-refractivity contribution in [2.24, 2.45) is 11.7 Å². The minimum atomic E-state index is -0.444. The fraction of sp³-hybridized carbons (Fsp3) is 0.667. The summed E-state index contributed by atoms with van der Waals surface area (Å²) >= 11 is 0. The molecule has 2 aromatic rings. The monoisotopic (exact) mass is 289 g/mol. The Morgan fingerprint density at radius 1 is 1.43 bits per heavy atom. The first-order chi connectivity index (χ1) is 10.0. The van der Waals surface area contributed by atoms with Crippen LogP contribution in [-0.4, -0.2) is 19.9 Å². The lowest BCUT2D eigenvalue weighted by molar-refractivity contribution is 0.230. The van der Waals surface area contributed by atoms with Gasteiger partial charge in [0.2, 0.25) is 0 Å². The van der Waals surface area contributed by atoms with Gasteiger partial charge in [-0.2, -0.15) is 10.1 Å². The van der Waals surface area contributed by atoms with Crippen LogP contribution in [0.2, 0.25) is 0 Å². The Morgan fingerprint density at radius 2 is 2.14 bits per heavy atom. The van der Waals surface area contributed by atoms with Gasteiger partial charge in [0.25, 0.3) is 5.89 Å². The molecular formula is C15H23N5O. The molecule has 0 saturated heterocycles. The van der Waals surface area contributed by atoms with E-state index in [0.29, 0.717) is 11.7 Å². The fourth-order valence-corrected chi connectivity index (χ4v) is 2.99. The van der Waals surface area contributed by atoms with Crippen LogP contribution in [0, 0.1) is 12.8 Å². The Bertz CT molecular complexity index is 622. The molecule has 0 aliphatic heterocycles. The molecule has 3 rings (SSSR count). The van der Waals surface area contributed by atoms with Crippen molar-refractivity contribution in [3.05, 3.63) is 17.6 Å². The summed E-state index contributed by atoms with van der Waals surface area (Å²) in [6.45, 7) is 7.04. The zero-order chi connectivity index (χ0) is 15.0. The molecule has 0 aromatic carbocycles. The summed E-state index contributed by atoms with van der Waals surface area (Å²) in [6, 6.07) is 1.97. The second-order valence-corrected chi connectivity index (χ2v) is 6.25. The van der Waals surface area contributed by atoms with Gasteiger partial charge in [0.1, 0.15) is 5.69 Å². The van der Waals surface area contributed by atoms with Crippen molar-refractivity contribution in [2.45, 2.75) is 58.5 Å². The summed E-state index contributed by atoms with van der Waals surface area (Å²) in [5.41, 5.74) is 7.87. The smallest absolute Gasteiger partial charge is 0.276 e. The molecule has 0 spiro atoms. The highest BCUT2D eigenvalue weighted by Gasteiger charge is 2.36. The molecule has 0 atom stereocenters. The molecule has 1 aliphatic rings. The van der Waals surface area contributed by atoms with E-state index in [1.54, 1.807) is 0 Å². The summed E-state index contributed by atoms with van der Waals surface area (Å²) < 4.78 is 7.32. The largest absolute Gasteiger partial charge is 0.332 e. The van der Waals surface area contributed by atoms with E-state index in [9.17, 15) is 0 Å². The van der Waals surface area contributed by atoms with Crippen LogP contribution in [0.3, 0.4) is 0 Å². The van der Waals surface area contributed by atoms with Gasteiger partial charge in [0.05, 0.1) is 11.2 Å². The van der Waals surface area contributed by atoms with E-state index in [-0.39, 0.29) is 0 Å². The van der Waals surface area contributed by atoms with Gasteiger partial charge in [0.15, 0.2) is 5.82 Å². The van der Waals surface area contributed by atoms with Crippen LogP contribution in [-0.2, 0) is 12.1 Å². The second-order valence-electron chi connectivity index (χ2n) is 6.25. The molecule has 0 amide bonds. The maximum atomic E-state index is 6.50.